The topological polar surface area (TPSA) is 54.7 Å². The van der Waals surface area contributed by atoms with Crippen LogP contribution in [0.3, 0.4) is 0 Å². The molecule has 2 heterocycles. The quantitative estimate of drug-likeness (QED) is 0.617. The van der Waals surface area contributed by atoms with Crippen molar-refractivity contribution in [3.63, 3.8) is 0 Å². The number of H-pyrrole nitrogens is 1. The van der Waals surface area contributed by atoms with Crippen molar-refractivity contribution in [1.82, 2.24) is 15.2 Å². The van der Waals surface area contributed by atoms with E-state index in [9.17, 15) is 0 Å². The van der Waals surface area contributed by atoms with Crippen molar-refractivity contribution in [3.05, 3.63) is 31.1 Å². The Balaban J connectivity index is 2.14. The van der Waals surface area contributed by atoms with Crippen molar-refractivity contribution in [2.75, 3.05) is 5.75 Å². The minimum absolute atomic E-state index is 0.654. The highest BCUT2D eigenvalue weighted by atomic mass is 32.2. The van der Waals surface area contributed by atoms with Gasteiger partial charge in [0.2, 0.25) is 5.16 Å². The van der Waals surface area contributed by atoms with E-state index < -0.39 is 0 Å². The highest BCUT2D eigenvalue weighted by molar-refractivity contribution is 7.99. The highest BCUT2D eigenvalue weighted by Crippen LogP contribution is 2.18. The van der Waals surface area contributed by atoms with Gasteiger partial charge in [0, 0.05) is 5.75 Å². The standard InChI is InChI=1S/C9H9N3OS/c1-2-6-14-9-10-8(11-12-9)7-4-3-5-13-7/h2-5H,1,6H2,(H,10,11,12). The maximum atomic E-state index is 5.17. The predicted octanol–water partition coefficient (Wildman–Crippen LogP) is 2.34. The lowest BCUT2D eigenvalue weighted by Crippen LogP contribution is -1.76. The first kappa shape index (κ1) is 9.08. The average Bonchev–Trinajstić information content (AvgIpc) is 2.85. The third-order valence-corrected chi connectivity index (χ3v) is 2.39. The van der Waals surface area contributed by atoms with Crippen LogP contribution in [-0.2, 0) is 0 Å². The van der Waals surface area contributed by atoms with Crippen LogP contribution in [0.1, 0.15) is 0 Å². The number of nitrogens with one attached hydrogen (secondary N) is 1. The fourth-order valence-corrected chi connectivity index (χ4v) is 1.50. The normalized spacial score (nSPS) is 10.3. The lowest BCUT2D eigenvalue weighted by molar-refractivity contribution is 0.577. The molecule has 14 heavy (non-hydrogen) atoms. The van der Waals surface area contributed by atoms with Crippen molar-refractivity contribution >= 4 is 11.8 Å². The maximum Gasteiger partial charge on any atom is 0.209 e. The van der Waals surface area contributed by atoms with E-state index in [0.717, 1.165) is 5.75 Å². The Morgan fingerprint density at radius 2 is 2.57 bits per heavy atom. The average molecular weight is 207 g/mol. The summed E-state index contributed by atoms with van der Waals surface area (Å²) in [7, 11) is 0. The summed E-state index contributed by atoms with van der Waals surface area (Å²) in [5.41, 5.74) is 0. The van der Waals surface area contributed by atoms with Gasteiger partial charge in [0.05, 0.1) is 6.26 Å². The van der Waals surface area contributed by atoms with Crippen molar-refractivity contribution in [2.24, 2.45) is 0 Å². The minimum atomic E-state index is 0.654. The van der Waals surface area contributed by atoms with Crippen molar-refractivity contribution in [1.29, 1.82) is 0 Å². The number of thioether (sulfide) groups is 1. The van der Waals surface area contributed by atoms with E-state index in [1.807, 2.05) is 18.2 Å². The SMILES string of the molecule is C=CCSc1n[nH]c(-c2ccco2)n1. The van der Waals surface area contributed by atoms with Gasteiger partial charge in [-0.25, -0.2) is 0 Å². The first-order valence-corrected chi connectivity index (χ1v) is 5.08. The molecule has 0 saturated heterocycles. The third-order valence-electron chi connectivity index (χ3n) is 1.55. The van der Waals surface area contributed by atoms with Crippen LogP contribution in [0.2, 0.25) is 0 Å². The van der Waals surface area contributed by atoms with E-state index in [1.54, 1.807) is 6.26 Å². The van der Waals surface area contributed by atoms with Gasteiger partial charge in [-0.2, -0.15) is 4.98 Å². The maximum absolute atomic E-state index is 5.17. The van der Waals surface area contributed by atoms with Crippen LogP contribution in [0.4, 0.5) is 0 Å². The zero-order chi connectivity index (χ0) is 9.80. The first-order chi connectivity index (χ1) is 6.90. The van der Waals surface area contributed by atoms with Crippen LogP contribution in [0, 0.1) is 0 Å². The van der Waals surface area contributed by atoms with Gasteiger partial charge in [0.25, 0.3) is 0 Å². The number of aromatic amines is 1. The fraction of sp³-hybridized carbons (Fsp3) is 0.111. The highest BCUT2D eigenvalue weighted by Gasteiger charge is 2.06. The molecule has 0 aromatic carbocycles. The summed E-state index contributed by atoms with van der Waals surface area (Å²) in [6, 6.07) is 3.65. The monoisotopic (exact) mass is 207 g/mol. The summed E-state index contributed by atoms with van der Waals surface area (Å²) in [4.78, 5) is 4.24. The van der Waals surface area contributed by atoms with Crippen LogP contribution in [0.15, 0.2) is 40.6 Å². The second-order valence-electron chi connectivity index (χ2n) is 2.54. The van der Waals surface area contributed by atoms with E-state index >= 15 is 0 Å². The molecule has 0 saturated carbocycles. The summed E-state index contributed by atoms with van der Waals surface area (Å²) in [6.45, 7) is 3.63. The molecular formula is C9H9N3OS. The molecule has 4 nitrogen and oxygen atoms in total. The number of furan rings is 1. The number of aromatic nitrogens is 3. The summed E-state index contributed by atoms with van der Waals surface area (Å²) in [6.07, 6.45) is 3.42. The van der Waals surface area contributed by atoms with Gasteiger partial charge in [-0.05, 0) is 12.1 Å². The smallest absolute Gasteiger partial charge is 0.209 e. The summed E-state index contributed by atoms with van der Waals surface area (Å²) < 4.78 is 5.17. The van der Waals surface area contributed by atoms with E-state index in [4.69, 9.17) is 4.42 Å². The largest absolute Gasteiger partial charge is 0.461 e. The molecule has 0 unspecified atom stereocenters. The molecular weight excluding hydrogens is 198 g/mol. The van der Waals surface area contributed by atoms with Crippen LogP contribution in [0.5, 0.6) is 0 Å². The molecule has 0 amide bonds. The Morgan fingerprint density at radius 1 is 1.64 bits per heavy atom. The van der Waals surface area contributed by atoms with Crippen LogP contribution >= 0.6 is 11.8 Å². The summed E-state index contributed by atoms with van der Waals surface area (Å²) >= 11 is 1.53. The number of hydrogen-bond acceptors (Lipinski definition) is 4. The molecule has 0 atom stereocenters. The summed E-state index contributed by atoms with van der Waals surface area (Å²) in [5.74, 6) is 2.15. The zero-order valence-electron chi connectivity index (χ0n) is 7.43. The molecule has 0 aliphatic carbocycles. The molecule has 5 heteroatoms. The van der Waals surface area contributed by atoms with Gasteiger partial charge in [-0.1, -0.05) is 17.8 Å². The molecule has 0 aliphatic rings. The van der Waals surface area contributed by atoms with Gasteiger partial charge in [-0.15, -0.1) is 11.7 Å². The Hall–Kier alpha value is -1.49. The zero-order valence-corrected chi connectivity index (χ0v) is 8.25. The Bertz CT molecular complexity index is 407. The lowest BCUT2D eigenvalue weighted by Gasteiger charge is -1.87. The molecule has 1 N–H and O–H groups in total. The molecule has 0 fully saturated rings. The van der Waals surface area contributed by atoms with Crippen molar-refractivity contribution in [2.45, 2.75) is 5.16 Å². The first-order valence-electron chi connectivity index (χ1n) is 4.10. The van der Waals surface area contributed by atoms with E-state index in [0.29, 0.717) is 16.7 Å². The number of rotatable bonds is 4. The van der Waals surface area contributed by atoms with Crippen molar-refractivity contribution < 1.29 is 4.42 Å². The fourth-order valence-electron chi connectivity index (χ4n) is 0.968. The molecule has 0 radical (unpaired) electrons. The number of nitrogens with zero attached hydrogens (tertiary/aromatic N) is 2. The second-order valence-corrected chi connectivity index (χ2v) is 3.53. The molecule has 0 aliphatic heterocycles. The number of hydrogen-bond donors (Lipinski definition) is 1. The third kappa shape index (κ3) is 1.88. The lowest BCUT2D eigenvalue weighted by atomic mass is 10.4. The van der Waals surface area contributed by atoms with Crippen molar-refractivity contribution in [3.8, 4) is 11.6 Å². The van der Waals surface area contributed by atoms with Gasteiger partial charge < -0.3 is 4.42 Å². The van der Waals surface area contributed by atoms with E-state index in [1.165, 1.54) is 11.8 Å². The molecule has 0 bridgehead atoms. The molecule has 72 valence electrons. The predicted molar refractivity (Wildman–Crippen MR) is 55.0 cm³/mol. The Labute approximate surface area is 85.4 Å². The Kier molecular flexibility index (Phi) is 2.69. The molecule has 2 rings (SSSR count). The van der Waals surface area contributed by atoms with Gasteiger partial charge >= 0.3 is 0 Å². The second kappa shape index (κ2) is 4.15. The molecule has 0 spiro atoms. The van der Waals surface area contributed by atoms with E-state index in [2.05, 4.69) is 21.8 Å². The van der Waals surface area contributed by atoms with Gasteiger partial charge in [-0.3, -0.25) is 5.10 Å². The van der Waals surface area contributed by atoms with Gasteiger partial charge in [0.15, 0.2) is 11.6 Å². The molecule has 2 aromatic heterocycles. The van der Waals surface area contributed by atoms with Gasteiger partial charge in [0.1, 0.15) is 0 Å². The van der Waals surface area contributed by atoms with E-state index in [-0.39, 0.29) is 0 Å². The van der Waals surface area contributed by atoms with Crippen LogP contribution < -0.4 is 0 Å². The summed E-state index contributed by atoms with van der Waals surface area (Å²) in [5, 5.41) is 7.54. The minimum Gasteiger partial charge on any atom is -0.461 e. The van der Waals surface area contributed by atoms with Crippen LogP contribution in [0.25, 0.3) is 11.6 Å². The Morgan fingerprint density at radius 3 is 3.29 bits per heavy atom. The molecule has 2 aromatic rings. The van der Waals surface area contributed by atoms with Crippen LogP contribution in [-0.4, -0.2) is 20.9 Å².